The van der Waals surface area contributed by atoms with Crippen molar-refractivity contribution in [3.8, 4) is 0 Å². The van der Waals surface area contributed by atoms with Crippen molar-refractivity contribution in [2.24, 2.45) is 0 Å². The van der Waals surface area contributed by atoms with E-state index in [1.165, 1.54) is 0 Å². The van der Waals surface area contributed by atoms with Gasteiger partial charge in [0.1, 0.15) is 0 Å². The minimum Gasteiger partial charge on any atom is -0.389 e. The second-order valence-electron chi connectivity index (χ2n) is 4.70. The molecule has 0 atom stereocenters. The van der Waals surface area contributed by atoms with Gasteiger partial charge in [0, 0.05) is 19.3 Å². The van der Waals surface area contributed by atoms with Crippen molar-refractivity contribution in [3.63, 3.8) is 0 Å². The molecule has 0 aliphatic rings. The second-order valence-corrected chi connectivity index (χ2v) is 5.54. The molecule has 0 spiro atoms. The third-order valence-electron chi connectivity index (χ3n) is 2.32. The van der Waals surface area contributed by atoms with Gasteiger partial charge in [0.15, 0.2) is 0 Å². The highest BCUT2D eigenvalue weighted by molar-refractivity contribution is 6.34. The third kappa shape index (κ3) is 5.21. The molecule has 0 aliphatic heterocycles. The summed E-state index contributed by atoms with van der Waals surface area (Å²) in [4.78, 5) is 6.29. The first kappa shape index (κ1) is 14.7. The van der Waals surface area contributed by atoms with Gasteiger partial charge < -0.3 is 5.11 Å². The highest BCUT2D eigenvalue weighted by Gasteiger charge is 2.18. The Labute approximate surface area is 112 Å². The highest BCUT2D eigenvalue weighted by atomic mass is 35.5. The molecule has 0 unspecified atom stereocenters. The van der Waals surface area contributed by atoms with Crippen LogP contribution in [-0.4, -0.2) is 33.7 Å². The molecule has 1 aromatic rings. The van der Waals surface area contributed by atoms with Crippen molar-refractivity contribution in [1.29, 1.82) is 0 Å². The topological polar surface area (TPSA) is 36.4 Å². The lowest BCUT2D eigenvalue weighted by Gasteiger charge is -2.27. The van der Waals surface area contributed by atoms with E-state index in [-0.39, 0.29) is 0 Å². The van der Waals surface area contributed by atoms with Crippen molar-refractivity contribution >= 4 is 23.2 Å². The van der Waals surface area contributed by atoms with Crippen LogP contribution < -0.4 is 0 Å². The molecule has 5 heteroatoms. The quantitative estimate of drug-likeness (QED) is 0.898. The fourth-order valence-corrected chi connectivity index (χ4v) is 2.04. The van der Waals surface area contributed by atoms with Crippen LogP contribution in [0.5, 0.6) is 0 Å². The Morgan fingerprint density at radius 1 is 1.41 bits per heavy atom. The number of pyridine rings is 1. The van der Waals surface area contributed by atoms with Gasteiger partial charge in [-0.2, -0.15) is 0 Å². The highest BCUT2D eigenvalue weighted by Crippen LogP contribution is 2.20. The molecule has 3 nitrogen and oxygen atoms in total. The van der Waals surface area contributed by atoms with Gasteiger partial charge in [-0.05, 0) is 26.5 Å². The average Bonchev–Trinajstić information content (AvgIpc) is 2.19. The molecule has 0 amide bonds. The average molecular weight is 277 g/mol. The summed E-state index contributed by atoms with van der Waals surface area (Å²) in [5.74, 6) is 0. The molecular weight excluding hydrogens is 259 g/mol. The van der Waals surface area contributed by atoms with Crippen LogP contribution in [-0.2, 0) is 6.54 Å². The molecule has 0 aromatic carbocycles. The zero-order chi connectivity index (χ0) is 13.1. The van der Waals surface area contributed by atoms with Gasteiger partial charge in [-0.3, -0.25) is 9.88 Å². The zero-order valence-electron chi connectivity index (χ0n) is 10.4. The third-order valence-corrected chi connectivity index (χ3v) is 2.85. The van der Waals surface area contributed by atoms with Gasteiger partial charge in [-0.1, -0.05) is 30.1 Å². The van der Waals surface area contributed by atoms with Gasteiger partial charge in [0.25, 0.3) is 0 Å². The standard InChI is InChI=1S/C12H18Cl2N2O/c1-4-16(8-12(2,3)17)7-11-10(14)5-9(13)6-15-11/h5-6,17H,4,7-8H2,1-3H3. The van der Waals surface area contributed by atoms with Crippen molar-refractivity contribution in [2.45, 2.75) is 32.9 Å². The largest absolute Gasteiger partial charge is 0.389 e. The van der Waals surface area contributed by atoms with E-state index in [1.54, 1.807) is 26.1 Å². The van der Waals surface area contributed by atoms with E-state index in [1.807, 2.05) is 6.92 Å². The molecule has 1 aromatic heterocycles. The summed E-state index contributed by atoms with van der Waals surface area (Å²) in [6, 6.07) is 1.68. The first-order chi connectivity index (χ1) is 7.81. The number of likely N-dealkylation sites (N-methyl/N-ethyl adjacent to an activating group) is 1. The molecule has 1 N–H and O–H groups in total. The Balaban J connectivity index is 2.74. The molecule has 0 radical (unpaired) electrons. The monoisotopic (exact) mass is 276 g/mol. The first-order valence-corrected chi connectivity index (χ1v) is 6.32. The minimum absolute atomic E-state index is 0.532. The van der Waals surface area contributed by atoms with E-state index in [2.05, 4.69) is 9.88 Å². The lowest BCUT2D eigenvalue weighted by Crippen LogP contribution is -2.38. The van der Waals surface area contributed by atoms with E-state index in [0.29, 0.717) is 23.1 Å². The fraction of sp³-hybridized carbons (Fsp3) is 0.583. The summed E-state index contributed by atoms with van der Waals surface area (Å²) in [5, 5.41) is 10.9. The van der Waals surface area contributed by atoms with Crippen molar-refractivity contribution in [3.05, 3.63) is 28.0 Å². The summed E-state index contributed by atoms with van der Waals surface area (Å²) in [6.07, 6.45) is 1.58. The predicted octanol–water partition coefficient (Wildman–Crippen LogP) is 2.98. The SMILES string of the molecule is CCN(Cc1ncc(Cl)cc1Cl)CC(C)(C)O. The normalized spacial score (nSPS) is 12.2. The first-order valence-electron chi connectivity index (χ1n) is 5.56. The zero-order valence-corrected chi connectivity index (χ0v) is 11.9. The number of nitrogens with zero attached hydrogens (tertiary/aromatic N) is 2. The number of aliphatic hydroxyl groups is 1. The number of hydrogen-bond acceptors (Lipinski definition) is 3. The fourth-order valence-electron chi connectivity index (χ4n) is 1.60. The summed E-state index contributed by atoms with van der Waals surface area (Å²) >= 11 is 11.9. The molecule has 0 aliphatic carbocycles. The van der Waals surface area contributed by atoms with Crippen LogP contribution in [0.3, 0.4) is 0 Å². The lowest BCUT2D eigenvalue weighted by atomic mass is 10.1. The Morgan fingerprint density at radius 2 is 2.06 bits per heavy atom. The van der Waals surface area contributed by atoms with E-state index in [4.69, 9.17) is 23.2 Å². The Kier molecular flexibility index (Phi) is 5.20. The molecule has 1 heterocycles. The summed E-state index contributed by atoms with van der Waals surface area (Å²) < 4.78 is 0. The van der Waals surface area contributed by atoms with Crippen molar-refractivity contribution in [2.75, 3.05) is 13.1 Å². The molecular formula is C12H18Cl2N2O. The molecule has 0 saturated carbocycles. The maximum absolute atomic E-state index is 9.79. The van der Waals surface area contributed by atoms with Crippen molar-refractivity contribution in [1.82, 2.24) is 9.88 Å². The minimum atomic E-state index is -0.727. The second kappa shape index (κ2) is 6.01. The smallest absolute Gasteiger partial charge is 0.0730 e. The predicted molar refractivity (Wildman–Crippen MR) is 71.5 cm³/mol. The Hall–Kier alpha value is -0.350. The van der Waals surface area contributed by atoms with E-state index >= 15 is 0 Å². The van der Waals surface area contributed by atoms with Crippen molar-refractivity contribution < 1.29 is 5.11 Å². The number of halogens is 2. The maximum atomic E-state index is 9.79. The molecule has 0 fully saturated rings. The Morgan fingerprint density at radius 3 is 2.53 bits per heavy atom. The van der Waals surface area contributed by atoms with Crippen LogP contribution in [0.1, 0.15) is 26.5 Å². The van der Waals surface area contributed by atoms with Gasteiger partial charge in [-0.15, -0.1) is 0 Å². The van der Waals surface area contributed by atoms with Gasteiger partial charge in [0.05, 0.1) is 21.3 Å². The van der Waals surface area contributed by atoms with Crippen LogP contribution in [0.2, 0.25) is 10.0 Å². The van der Waals surface area contributed by atoms with Crippen LogP contribution in [0.25, 0.3) is 0 Å². The molecule has 0 bridgehead atoms. The molecule has 1 rings (SSSR count). The van der Waals surface area contributed by atoms with Gasteiger partial charge >= 0.3 is 0 Å². The molecule has 17 heavy (non-hydrogen) atoms. The van der Waals surface area contributed by atoms with Crippen LogP contribution in [0.4, 0.5) is 0 Å². The van der Waals surface area contributed by atoms with E-state index < -0.39 is 5.60 Å². The molecule has 96 valence electrons. The summed E-state index contributed by atoms with van der Waals surface area (Å²) in [7, 11) is 0. The molecule has 0 saturated heterocycles. The summed E-state index contributed by atoms with van der Waals surface area (Å²) in [6.45, 7) is 7.61. The lowest BCUT2D eigenvalue weighted by molar-refractivity contribution is 0.0350. The van der Waals surface area contributed by atoms with Crippen LogP contribution >= 0.6 is 23.2 Å². The summed E-state index contributed by atoms with van der Waals surface area (Å²) in [5.41, 5.74) is 0.0525. The van der Waals surface area contributed by atoms with Gasteiger partial charge in [0.2, 0.25) is 0 Å². The maximum Gasteiger partial charge on any atom is 0.0730 e. The van der Waals surface area contributed by atoms with E-state index in [9.17, 15) is 5.11 Å². The van der Waals surface area contributed by atoms with Crippen LogP contribution in [0, 0.1) is 0 Å². The van der Waals surface area contributed by atoms with E-state index in [0.717, 1.165) is 12.2 Å². The number of aromatic nitrogens is 1. The van der Waals surface area contributed by atoms with Crippen LogP contribution in [0.15, 0.2) is 12.3 Å². The van der Waals surface area contributed by atoms with Gasteiger partial charge in [-0.25, -0.2) is 0 Å². The number of hydrogen-bond donors (Lipinski definition) is 1. The number of rotatable bonds is 5. The Bertz CT molecular complexity index is 377.